The summed E-state index contributed by atoms with van der Waals surface area (Å²) in [5, 5.41) is 28.8. The number of aliphatic hydroxyl groups is 1. The highest BCUT2D eigenvalue weighted by Gasteiger charge is 2.15. The third kappa shape index (κ3) is 9.47. The second kappa shape index (κ2) is 13.2. The zero-order valence-corrected chi connectivity index (χ0v) is 18.2. The van der Waals surface area contributed by atoms with Crippen LogP contribution in [0.1, 0.15) is 31.4 Å². The maximum atomic E-state index is 11.9. The minimum Gasteiger partial charge on any atom is -0.480 e. The number of nitrogens with one attached hydrogen (secondary N) is 1. The third-order valence-corrected chi connectivity index (χ3v) is 4.94. The molecule has 0 heterocycles. The molecule has 0 fully saturated rings. The second-order valence-corrected chi connectivity index (χ2v) is 8.03. The lowest BCUT2D eigenvalue weighted by molar-refractivity contribution is -0.135. The summed E-state index contributed by atoms with van der Waals surface area (Å²) >= 11 is 0. The van der Waals surface area contributed by atoms with Gasteiger partial charge in [-0.05, 0) is 53.6 Å². The zero-order valence-electron chi connectivity index (χ0n) is 17.4. The molecule has 0 spiro atoms. The molecule has 31 heavy (non-hydrogen) atoms. The summed E-state index contributed by atoms with van der Waals surface area (Å²) in [5.41, 5.74) is 7.76. The summed E-state index contributed by atoms with van der Waals surface area (Å²) in [6.45, 7) is 3.60. The fraction of sp³-hybridized carbons (Fsp3) is 0.300. The first kappa shape index (κ1) is 25.9. The van der Waals surface area contributed by atoms with Crippen LogP contribution in [-0.2, 0) is 21.2 Å². The zero-order chi connectivity index (χ0) is 23.3. The SMILES string of the molecule is CCC.N/C(=N\N=Nc1ccc(CCO)cc1)c1ccc(S(=O)(=O)NCC(=O)O)cc1. The molecule has 0 aromatic heterocycles. The smallest absolute Gasteiger partial charge is 0.318 e. The third-order valence-electron chi connectivity index (χ3n) is 3.52. The quantitative estimate of drug-likeness (QED) is 0.198. The van der Waals surface area contributed by atoms with E-state index in [0.717, 1.165) is 5.56 Å². The van der Waals surface area contributed by atoms with E-state index < -0.39 is 22.5 Å². The Hall–Kier alpha value is -3.15. The molecular weight excluding hydrogens is 422 g/mol. The van der Waals surface area contributed by atoms with Crippen LogP contribution in [0.5, 0.6) is 0 Å². The largest absolute Gasteiger partial charge is 0.480 e. The first-order chi connectivity index (χ1) is 14.7. The Labute approximate surface area is 181 Å². The number of nitrogens with zero attached hydrogens (tertiary/aromatic N) is 3. The lowest BCUT2D eigenvalue weighted by Gasteiger charge is -2.05. The van der Waals surface area contributed by atoms with Gasteiger partial charge in [0.05, 0.1) is 10.6 Å². The van der Waals surface area contributed by atoms with E-state index in [-0.39, 0.29) is 17.3 Å². The standard InChI is InChI=1S/C17H19N5O5S.C3H8/c18-17(21-22-20-14-5-1-12(2-6-14)9-10-23)13-3-7-15(8-4-13)28(26,27)19-11-16(24)25;1-3-2/h1-8,19,23H,9-11H2,(H,24,25)(H2,18,20,21);3H2,1-2H3. The highest BCUT2D eigenvalue weighted by Crippen LogP contribution is 2.14. The number of hydrogen-bond acceptors (Lipinski definition) is 6. The van der Waals surface area contributed by atoms with Gasteiger partial charge in [0.1, 0.15) is 6.54 Å². The average molecular weight is 450 g/mol. The van der Waals surface area contributed by atoms with Crippen molar-refractivity contribution >= 4 is 27.5 Å². The predicted octanol–water partition coefficient (Wildman–Crippen LogP) is 2.40. The second-order valence-electron chi connectivity index (χ2n) is 6.26. The highest BCUT2D eigenvalue weighted by molar-refractivity contribution is 7.89. The lowest BCUT2D eigenvalue weighted by atomic mass is 10.1. The Kier molecular flexibility index (Phi) is 11.0. The van der Waals surface area contributed by atoms with Crippen molar-refractivity contribution in [2.75, 3.05) is 13.2 Å². The molecule has 5 N–H and O–H groups in total. The van der Waals surface area contributed by atoms with E-state index in [4.69, 9.17) is 15.9 Å². The van der Waals surface area contributed by atoms with Crippen LogP contribution in [0.25, 0.3) is 0 Å². The molecular formula is C20H27N5O5S. The van der Waals surface area contributed by atoms with Crippen LogP contribution in [-0.4, -0.2) is 43.6 Å². The number of aliphatic hydroxyl groups excluding tert-OH is 1. The Balaban J connectivity index is 0.00000151. The van der Waals surface area contributed by atoms with E-state index >= 15 is 0 Å². The normalized spacial score (nSPS) is 11.8. The molecule has 0 saturated heterocycles. The molecule has 2 aromatic rings. The molecule has 2 rings (SSSR count). The molecule has 0 aliphatic heterocycles. The molecule has 0 atom stereocenters. The van der Waals surface area contributed by atoms with E-state index in [2.05, 4.69) is 29.3 Å². The molecule has 2 aromatic carbocycles. The highest BCUT2D eigenvalue weighted by atomic mass is 32.2. The molecule has 0 saturated carbocycles. The number of carbonyl (C=O) groups is 1. The fourth-order valence-corrected chi connectivity index (χ4v) is 3.06. The molecule has 0 aliphatic carbocycles. The maximum absolute atomic E-state index is 11.9. The van der Waals surface area contributed by atoms with Gasteiger partial charge in [0.25, 0.3) is 0 Å². The van der Waals surface area contributed by atoms with Crippen molar-refractivity contribution in [1.82, 2.24) is 4.72 Å². The van der Waals surface area contributed by atoms with Gasteiger partial charge >= 0.3 is 5.97 Å². The molecule has 0 amide bonds. The van der Waals surface area contributed by atoms with Gasteiger partial charge in [-0.25, -0.2) is 8.42 Å². The van der Waals surface area contributed by atoms with Crippen molar-refractivity contribution in [3.63, 3.8) is 0 Å². The van der Waals surface area contributed by atoms with E-state index in [1.54, 1.807) is 12.1 Å². The van der Waals surface area contributed by atoms with Crippen molar-refractivity contribution in [3.8, 4) is 0 Å². The number of carboxylic acids is 1. The van der Waals surface area contributed by atoms with Gasteiger partial charge in [0.15, 0.2) is 5.84 Å². The Morgan fingerprint density at radius 2 is 1.65 bits per heavy atom. The first-order valence-electron chi connectivity index (χ1n) is 9.49. The predicted molar refractivity (Wildman–Crippen MR) is 118 cm³/mol. The average Bonchev–Trinajstić information content (AvgIpc) is 2.74. The summed E-state index contributed by atoms with van der Waals surface area (Å²) < 4.78 is 25.8. The molecule has 0 aliphatic rings. The van der Waals surface area contributed by atoms with Gasteiger partial charge in [-0.3, -0.25) is 4.79 Å². The number of sulfonamides is 1. The fourth-order valence-electron chi connectivity index (χ4n) is 2.08. The van der Waals surface area contributed by atoms with Crippen LogP contribution in [0, 0.1) is 0 Å². The van der Waals surface area contributed by atoms with Gasteiger partial charge in [-0.1, -0.05) is 32.4 Å². The van der Waals surface area contributed by atoms with Crippen LogP contribution in [0.2, 0.25) is 0 Å². The van der Waals surface area contributed by atoms with Gasteiger partial charge in [-0.15, -0.1) is 10.2 Å². The number of aliphatic carboxylic acids is 1. The van der Waals surface area contributed by atoms with Crippen LogP contribution < -0.4 is 10.5 Å². The first-order valence-corrected chi connectivity index (χ1v) is 11.0. The summed E-state index contributed by atoms with van der Waals surface area (Å²) in [7, 11) is -3.93. The summed E-state index contributed by atoms with van der Waals surface area (Å²) in [6.07, 6.45) is 1.81. The van der Waals surface area contributed by atoms with Crippen LogP contribution in [0.3, 0.4) is 0 Å². The minimum absolute atomic E-state index is 0.0306. The van der Waals surface area contributed by atoms with Crippen molar-refractivity contribution in [3.05, 3.63) is 59.7 Å². The van der Waals surface area contributed by atoms with Crippen LogP contribution in [0.4, 0.5) is 5.69 Å². The van der Waals surface area contributed by atoms with Crippen molar-refractivity contribution < 1.29 is 23.4 Å². The van der Waals surface area contributed by atoms with Gasteiger partial charge in [0, 0.05) is 12.2 Å². The van der Waals surface area contributed by atoms with Crippen LogP contribution >= 0.6 is 0 Å². The molecule has 0 radical (unpaired) electrons. The number of rotatable bonds is 9. The number of hydrogen-bond donors (Lipinski definition) is 4. The van der Waals surface area contributed by atoms with Gasteiger partial charge in [-0.2, -0.15) is 4.72 Å². The van der Waals surface area contributed by atoms with Gasteiger partial charge < -0.3 is 15.9 Å². The van der Waals surface area contributed by atoms with Gasteiger partial charge in [0.2, 0.25) is 10.0 Å². The number of amidine groups is 1. The summed E-state index contributed by atoms with van der Waals surface area (Å²) in [5.74, 6) is -1.26. The van der Waals surface area contributed by atoms with Crippen LogP contribution in [0.15, 0.2) is 68.9 Å². The minimum atomic E-state index is -3.93. The van der Waals surface area contributed by atoms with E-state index in [1.165, 1.54) is 30.7 Å². The number of carboxylic acid groups (broad SMARTS) is 1. The van der Waals surface area contributed by atoms with Crippen molar-refractivity contribution in [1.29, 1.82) is 0 Å². The Morgan fingerprint density at radius 1 is 1.06 bits per heavy atom. The van der Waals surface area contributed by atoms with Crippen molar-refractivity contribution in [2.24, 2.45) is 21.2 Å². The maximum Gasteiger partial charge on any atom is 0.318 e. The molecule has 10 nitrogen and oxygen atoms in total. The lowest BCUT2D eigenvalue weighted by Crippen LogP contribution is -2.29. The monoisotopic (exact) mass is 449 g/mol. The Morgan fingerprint density at radius 3 is 2.16 bits per heavy atom. The summed E-state index contributed by atoms with van der Waals surface area (Å²) in [6, 6.07) is 12.5. The number of benzene rings is 2. The topological polar surface area (TPSA) is 167 Å². The molecule has 168 valence electrons. The van der Waals surface area contributed by atoms with Crippen molar-refractivity contribution in [2.45, 2.75) is 31.6 Å². The molecule has 0 bridgehead atoms. The molecule has 0 unspecified atom stereocenters. The Bertz CT molecular complexity index is 988. The van der Waals surface area contributed by atoms with E-state index in [9.17, 15) is 13.2 Å². The summed E-state index contributed by atoms with van der Waals surface area (Å²) in [4.78, 5) is 10.4. The number of nitrogens with two attached hydrogens (primary N) is 1. The van der Waals surface area contributed by atoms with E-state index in [0.29, 0.717) is 17.7 Å². The van der Waals surface area contributed by atoms with E-state index in [1.807, 2.05) is 16.9 Å². The molecule has 11 heteroatoms.